The number of anilines is 1. The smallest absolute Gasteiger partial charge is 0.337 e. The summed E-state index contributed by atoms with van der Waals surface area (Å²) in [6.07, 6.45) is 3.43. The minimum atomic E-state index is -0.927. The molecular weight excluding hydrogens is 226 g/mol. The first-order chi connectivity index (χ1) is 7.61. The van der Waals surface area contributed by atoms with Crippen LogP contribution in [0.15, 0.2) is 18.2 Å². The molecule has 0 heterocycles. The summed E-state index contributed by atoms with van der Waals surface area (Å²) in [5.41, 5.74) is 0.920. The Hall–Kier alpha value is -1.22. The van der Waals surface area contributed by atoms with Crippen LogP contribution >= 0.6 is 11.6 Å². The second-order valence-corrected chi connectivity index (χ2v) is 4.54. The summed E-state index contributed by atoms with van der Waals surface area (Å²) < 4.78 is 0. The van der Waals surface area contributed by atoms with Crippen LogP contribution in [0.1, 0.15) is 29.6 Å². The zero-order valence-corrected chi connectivity index (χ0v) is 9.87. The van der Waals surface area contributed by atoms with E-state index < -0.39 is 5.97 Å². The van der Waals surface area contributed by atoms with Crippen LogP contribution < -0.4 is 4.90 Å². The Morgan fingerprint density at radius 3 is 2.69 bits per heavy atom. The molecule has 1 saturated carbocycles. The van der Waals surface area contributed by atoms with Gasteiger partial charge >= 0.3 is 5.97 Å². The molecule has 0 bridgehead atoms. The summed E-state index contributed by atoms with van der Waals surface area (Å²) in [6.45, 7) is 0. The summed E-state index contributed by atoms with van der Waals surface area (Å²) in [6, 6.07) is 5.43. The largest absolute Gasteiger partial charge is 0.478 e. The Balaban J connectivity index is 2.40. The van der Waals surface area contributed by atoms with Crippen molar-refractivity contribution in [2.75, 3.05) is 11.9 Å². The quantitative estimate of drug-likeness (QED) is 0.882. The molecule has 1 aromatic carbocycles. The first-order valence-corrected chi connectivity index (χ1v) is 5.73. The van der Waals surface area contributed by atoms with E-state index in [1.54, 1.807) is 18.2 Å². The van der Waals surface area contributed by atoms with Crippen LogP contribution in [0.5, 0.6) is 0 Å². The zero-order chi connectivity index (χ0) is 11.7. The maximum absolute atomic E-state index is 11.1. The van der Waals surface area contributed by atoms with Gasteiger partial charge in [0.2, 0.25) is 0 Å². The molecular formula is C12H14ClNO2. The number of nitrogens with zero attached hydrogens (tertiary/aromatic N) is 1. The molecule has 0 unspecified atom stereocenters. The Morgan fingerprint density at radius 2 is 2.19 bits per heavy atom. The molecule has 1 N–H and O–H groups in total. The SMILES string of the molecule is CN(c1c(Cl)cccc1C(=O)O)C1CCC1. The average molecular weight is 240 g/mol. The molecule has 0 spiro atoms. The van der Waals surface area contributed by atoms with Gasteiger partial charge in [0.15, 0.2) is 0 Å². The topological polar surface area (TPSA) is 40.5 Å². The van der Waals surface area contributed by atoms with Gasteiger partial charge in [0.1, 0.15) is 0 Å². The van der Waals surface area contributed by atoms with Crippen molar-refractivity contribution in [2.45, 2.75) is 25.3 Å². The van der Waals surface area contributed by atoms with Crippen LogP contribution in [0.3, 0.4) is 0 Å². The fourth-order valence-corrected chi connectivity index (χ4v) is 2.31. The fourth-order valence-electron chi connectivity index (χ4n) is 2.00. The van der Waals surface area contributed by atoms with E-state index in [-0.39, 0.29) is 5.56 Å². The van der Waals surface area contributed by atoms with Crippen molar-refractivity contribution in [2.24, 2.45) is 0 Å². The van der Waals surface area contributed by atoms with Gasteiger partial charge in [-0.05, 0) is 31.4 Å². The van der Waals surface area contributed by atoms with Gasteiger partial charge in [-0.3, -0.25) is 0 Å². The molecule has 16 heavy (non-hydrogen) atoms. The predicted molar refractivity (Wildman–Crippen MR) is 64.5 cm³/mol. The number of hydrogen-bond donors (Lipinski definition) is 1. The molecule has 1 aliphatic rings. The monoisotopic (exact) mass is 239 g/mol. The van der Waals surface area contributed by atoms with E-state index in [4.69, 9.17) is 16.7 Å². The average Bonchev–Trinajstić information content (AvgIpc) is 2.14. The maximum Gasteiger partial charge on any atom is 0.337 e. The van der Waals surface area contributed by atoms with E-state index in [0.29, 0.717) is 16.8 Å². The van der Waals surface area contributed by atoms with Gasteiger partial charge in [-0.2, -0.15) is 0 Å². The van der Waals surface area contributed by atoms with Crippen LogP contribution in [0.4, 0.5) is 5.69 Å². The van der Waals surface area contributed by atoms with Gasteiger partial charge < -0.3 is 10.0 Å². The second-order valence-electron chi connectivity index (χ2n) is 4.14. The second kappa shape index (κ2) is 4.34. The molecule has 1 aromatic rings. The summed E-state index contributed by atoms with van der Waals surface area (Å²) in [7, 11) is 1.91. The highest BCUT2D eigenvalue weighted by Gasteiger charge is 2.26. The zero-order valence-electron chi connectivity index (χ0n) is 9.11. The Kier molecular flexibility index (Phi) is 3.06. The lowest BCUT2D eigenvalue weighted by Gasteiger charge is -2.37. The lowest BCUT2D eigenvalue weighted by atomic mass is 9.91. The van der Waals surface area contributed by atoms with Gasteiger partial charge in [0, 0.05) is 13.1 Å². The van der Waals surface area contributed by atoms with E-state index in [2.05, 4.69) is 0 Å². The highest BCUT2D eigenvalue weighted by atomic mass is 35.5. The van der Waals surface area contributed by atoms with Gasteiger partial charge in [0.05, 0.1) is 16.3 Å². The van der Waals surface area contributed by atoms with E-state index in [9.17, 15) is 4.79 Å². The van der Waals surface area contributed by atoms with Crippen LogP contribution in [-0.4, -0.2) is 24.2 Å². The van der Waals surface area contributed by atoms with Crippen LogP contribution in [0, 0.1) is 0 Å². The molecule has 4 heteroatoms. The molecule has 2 rings (SSSR count). The minimum absolute atomic E-state index is 0.280. The highest BCUT2D eigenvalue weighted by molar-refractivity contribution is 6.34. The molecule has 0 radical (unpaired) electrons. The minimum Gasteiger partial charge on any atom is -0.478 e. The van der Waals surface area contributed by atoms with Crippen molar-refractivity contribution in [3.63, 3.8) is 0 Å². The standard InChI is InChI=1S/C12H14ClNO2/c1-14(8-4-2-5-8)11-9(12(15)16)6-3-7-10(11)13/h3,6-8H,2,4-5H2,1H3,(H,15,16). The molecule has 0 aromatic heterocycles. The van der Waals surface area contributed by atoms with Crippen molar-refractivity contribution in [1.29, 1.82) is 0 Å². The van der Waals surface area contributed by atoms with Crippen LogP contribution in [0.25, 0.3) is 0 Å². The maximum atomic E-state index is 11.1. The number of aromatic carboxylic acids is 1. The van der Waals surface area contributed by atoms with Gasteiger partial charge in [-0.1, -0.05) is 17.7 Å². The van der Waals surface area contributed by atoms with E-state index in [1.807, 2.05) is 11.9 Å². The Labute approximate surface area is 99.6 Å². The van der Waals surface area contributed by atoms with Crippen LogP contribution in [-0.2, 0) is 0 Å². The first kappa shape index (κ1) is 11.3. The van der Waals surface area contributed by atoms with Crippen molar-refractivity contribution >= 4 is 23.3 Å². The third kappa shape index (κ3) is 1.87. The number of halogens is 1. The van der Waals surface area contributed by atoms with Crippen molar-refractivity contribution in [3.8, 4) is 0 Å². The third-order valence-corrected chi connectivity index (χ3v) is 3.50. The summed E-state index contributed by atoms with van der Waals surface area (Å²) in [5, 5.41) is 9.63. The van der Waals surface area contributed by atoms with Crippen molar-refractivity contribution in [1.82, 2.24) is 0 Å². The third-order valence-electron chi connectivity index (χ3n) is 3.19. The van der Waals surface area contributed by atoms with Gasteiger partial charge in [0.25, 0.3) is 0 Å². The highest BCUT2D eigenvalue weighted by Crippen LogP contribution is 2.35. The predicted octanol–water partition coefficient (Wildman–Crippen LogP) is 3.03. The summed E-state index contributed by atoms with van der Waals surface area (Å²) >= 11 is 6.09. The molecule has 0 atom stereocenters. The fraction of sp³-hybridized carbons (Fsp3) is 0.417. The number of carboxylic acids is 1. The van der Waals surface area contributed by atoms with Crippen LogP contribution in [0.2, 0.25) is 5.02 Å². The summed E-state index contributed by atoms with van der Waals surface area (Å²) in [5.74, 6) is -0.927. The lowest BCUT2D eigenvalue weighted by molar-refractivity contribution is 0.0697. The molecule has 1 fully saturated rings. The van der Waals surface area contributed by atoms with Gasteiger partial charge in [-0.25, -0.2) is 4.79 Å². The van der Waals surface area contributed by atoms with Crippen molar-refractivity contribution in [3.05, 3.63) is 28.8 Å². The van der Waals surface area contributed by atoms with Crippen molar-refractivity contribution < 1.29 is 9.90 Å². The molecule has 1 aliphatic carbocycles. The lowest BCUT2D eigenvalue weighted by Crippen LogP contribution is -2.38. The molecule has 86 valence electrons. The number of benzene rings is 1. The first-order valence-electron chi connectivity index (χ1n) is 5.36. The van der Waals surface area contributed by atoms with E-state index in [1.165, 1.54) is 6.42 Å². The molecule has 0 aliphatic heterocycles. The number of rotatable bonds is 3. The number of hydrogen-bond acceptors (Lipinski definition) is 2. The molecule has 3 nitrogen and oxygen atoms in total. The number of carboxylic acid groups (broad SMARTS) is 1. The molecule has 0 saturated heterocycles. The molecule has 0 amide bonds. The van der Waals surface area contributed by atoms with Gasteiger partial charge in [-0.15, -0.1) is 0 Å². The normalized spacial score (nSPS) is 15.6. The van der Waals surface area contributed by atoms with E-state index >= 15 is 0 Å². The Bertz CT molecular complexity index is 415. The number of carbonyl (C=O) groups is 1. The van der Waals surface area contributed by atoms with E-state index in [0.717, 1.165) is 12.8 Å². The summed E-state index contributed by atoms with van der Waals surface area (Å²) in [4.78, 5) is 13.1. The number of para-hydroxylation sites is 1. The Morgan fingerprint density at radius 1 is 1.50 bits per heavy atom.